The number of para-hydroxylation sites is 1. The summed E-state index contributed by atoms with van der Waals surface area (Å²) in [5.74, 6) is 1.56. The van der Waals surface area contributed by atoms with Crippen LogP contribution in [-0.4, -0.2) is 19.1 Å². The van der Waals surface area contributed by atoms with E-state index in [-0.39, 0.29) is 0 Å². The molecule has 0 atom stereocenters. The number of nitrogens with zero attached hydrogens (tertiary/aromatic N) is 6. The fourth-order valence-electron chi connectivity index (χ4n) is 6.42. The summed E-state index contributed by atoms with van der Waals surface area (Å²) in [5, 5.41) is 24.5. The molecule has 0 saturated carbocycles. The van der Waals surface area contributed by atoms with Crippen LogP contribution in [0.5, 0.6) is 0 Å². The van der Waals surface area contributed by atoms with Crippen molar-refractivity contribution in [2.24, 2.45) is 0 Å². The average molecular weight is 567 g/mol. The van der Waals surface area contributed by atoms with Gasteiger partial charge in [-0.2, -0.15) is 10.5 Å². The average Bonchev–Trinajstić information content (AvgIpc) is 3.71. The van der Waals surface area contributed by atoms with Crippen molar-refractivity contribution in [2.45, 2.75) is 0 Å². The first-order valence-corrected chi connectivity index (χ1v) is 14.6. The van der Waals surface area contributed by atoms with Crippen LogP contribution in [0.2, 0.25) is 0 Å². The van der Waals surface area contributed by atoms with E-state index in [1.54, 1.807) is 11.3 Å². The van der Waals surface area contributed by atoms with Crippen LogP contribution in [0, 0.1) is 22.7 Å². The maximum absolute atomic E-state index is 9.59. The molecule has 4 aromatic carbocycles. The molecule has 0 aliphatic carbocycles. The molecule has 9 rings (SSSR count). The molecule has 0 aliphatic rings. The number of hydrogen-bond acceptors (Lipinski definition) is 5. The number of thiophene rings is 1. The number of pyridine rings is 2. The Morgan fingerprint density at radius 3 is 1.95 bits per heavy atom. The van der Waals surface area contributed by atoms with E-state index in [4.69, 9.17) is 4.98 Å². The Kier molecular flexibility index (Phi) is 4.81. The van der Waals surface area contributed by atoms with Gasteiger partial charge in [0.05, 0.1) is 55.5 Å². The third-order valence-electron chi connectivity index (χ3n) is 8.23. The van der Waals surface area contributed by atoms with Crippen molar-refractivity contribution in [2.75, 3.05) is 0 Å². The molecule has 0 saturated heterocycles. The number of hydrogen-bond donors (Lipinski definition) is 0. The Hall–Kier alpha value is -6.02. The summed E-state index contributed by atoms with van der Waals surface area (Å²) in [6.07, 6.45) is 1.86. The van der Waals surface area contributed by atoms with Crippen LogP contribution < -0.4 is 0 Å². The number of aromatic nitrogens is 4. The van der Waals surface area contributed by atoms with Gasteiger partial charge in [0.1, 0.15) is 11.6 Å². The minimum atomic E-state index is 0.573. The van der Waals surface area contributed by atoms with Gasteiger partial charge in [0.25, 0.3) is 0 Å². The zero-order chi connectivity index (χ0) is 28.7. The Morgan fingerprint density at radius 2 is 1.23 bits per heavy atom. The lowest BCUT2D eigenvalue weighted by Crippen LogP contribution is -2.03. The third kappa shape index (κ3) is 3.25. The summed E-state index contributed by atoms with van der Waals surface area (Å²) < 4.78 is 6.75. The number of rotatable bonds is 2. The maximum atomic E-state index is 9.59. The van der Waals surface area contributed by atoms with Gasteiger partial charge in [0.2, 0.25) is 0 Å². The van der Waals surface area contributed by atoms with Crippen LogP contribution in [-0.2, 0) is 0 Å². The highest BCUT2D eigenvalue weighted by Gasteiger charge is 2.20. The molecule has 0 bridgehead atoms. The predicted molar refractivity (Wildman–Crippen MR) is 173 cm³/mol. The molecule has 7 heteroatoms. The summed E-state index contributed by atoms with van der Waals surface area (Å²) in [6.45, 7) is 0. The largest absolute Gasteiger partial charge is 0.294 e. The molecule has 43 heavy (non-hydrogen) atoms. The molecule has 198 valence electrons. The molecule has 0 radical (unpaired) electrons. The highest BCUT2D eigenvalue weighted by atomic mass is 32.1. The Labute approximate surface area is 248 Å². The summed E-state index contributed by atoms with van der Waals surface area (Å²) >= 11 is 1.78. The number of fused-ring (bicyclic) bond motifs is 10. The topological polar surface area (TPSA) is 83.2 Å². The first-order chi connectivity index (χ1) is 21.2. The third-order valence-corrected chi connectivity index (χ3v) is 9.41. The second kappa shape index (κ2) is 8.74. The molecule has 0 unspecified atom stereocenters. The first kappa shape index (κ1) is 23.7. The van der Waals surface area contributed by atoms with Crippen LogP contribution >= 0.6 is 11.3 Å². The van der Waals surface area contributed by atoms with Gasteiger partial charge < -0.3 is 0 Å². The lowest BCUT2D eigenvalue weighted by Gasteiger charge is -2.11. The summed E-state index contributed by atoms with van der Waals surface area (Å²) in [6, 6.07) is 38.9. The van der Waals surface area contributed by atoms with E-state index in [9.17, 15) is 10.5 Å². The number of benzene rings is 4. The van der Waals surface area contributed by atoms with Gasteiger partial charge in [-0.3, -0.25) is 14.1 Å². The van der Waals surface area contributed by atoms with Gasteiger partial charge in [0.15, 0.2) is 0 Å². The van der Waals surface area contributed by atoms with Crippen LogP contribution in [0.3, 0.4) is 0 Å². The van der Waals surface area contributed by atoms with E-state index in [1.165, 1.54) is 20.2 Å². The second-order valence-electron chi connectivity index (χ2n) is 10.5. The smallest absolute Gasteiger partial charge is 0.140 e. The van der Waals surface area contributed by atoms with Crippen LogP contribution in [0.25, 0.3) is 75.6 Å². The van der Waals surface area contributed by atoms with Gasteiger partial charge in [-0.25, -0.2) is 4.98 Å². The van der Waals surface area contributed by atoms with E-state index >= 15 is 0 Å². The van der Waals surface area contributed by atoms with Gasteiger partial charge in [0, 0.05) is 37.8 Å². The van der Waals surface area contributed by atoms with E-state index in [2.05, 4.69) is 68.7 Å². The van der Waals surface area contributed by atoms with Crippen molar-refractivity contribution in [3.05, 3.63) is 120 Å². The van der Waals surface area contributed by atoms with Crippen molar-refractivity contribution in [3.63, 3.8) is 0 Å². The van der Waals surface area contributed by atoms with Crippen molar-refractivity contribution >= 4 is 75.3 Å². The molecule has 9 aromatic rings. The standard InChI is InChI=1S/C36H18N6S/c37-19-21-10-13-28-25(17-21)26-18-22(20-38)11-14-29(26)41(28)32-8-3-9-33(40-32)42-27-6-2-1-5-23(27)34-30(42)15-12-24-35-31(43-36(24)34)7-4-16-39-35/h1-18H. The normalized spacial score (nSPS) is 11.7. The highest BCUT2D eigenvalue weighted by Crippen LogP contribution is 2.42. The van der Waals surface area contributed by atoms with Gasteiger partial charge in [-0.15, -0.1) is 11.3 Å². The van der Waals surface area contributed by atoms with E-state index in [1.807, 2.05) is 66.9 Å². The van der Waals surface area contributed by atoms with Crippen molar-refractivity contribution in [3.8, 4) is 23.8 Å². The monoisotopic (exact) mass is 566 g/mol. The molecule has 0 spiro atoms. The first-order valence-electron chi connectivity index (χ1n) is 13.8. The minimum Gasteiger partial charge on any atom is -0.294 e. The SMILES string of the molecule is N#Cc1ccc2c(c1)c1cc(C#N)ccc1n2-c1cccc(-n2c3ccccc3c3c4sc5cccnc5c4ccc32)n1. The highest BCUT2D eigenvalue weighted by molar-refractivity contribution is 7.26. The van der Waals surface area contributed by atoms with Gasteiger partial charge in [-0.05, 0) is 78.9 Å². The Bertz CT molecular complexity index is 2640. The summed E-state index contributed by atoms with van der Waals surface area (Å²) in [5.41, 5.74) is 6.20. The molecule has 5 aromatic heterocycles. The Balaban J connectivity index is 1.35. The molecule has 0 N–H and O–H groups in total. The lowest BCUT2D eigenvalue weighted by molar-refractivity contribution is 1.01. The number of nitriles is 2. The van der Waals surface area contributed by atoms with Crippen LogP contribution in [0.4, 0.5) is 0 Å². The fraction of sp³-hybridized carbons (Fsp3) is 0. The van der Waals surface area contributed by atoms with E-state index < -0.39 is 0 Å². The molecule has 0 fully saturated rings. The molecular weight excluding hydrogens is 549 g/mol. The zero-order valence-electron chi connectivity index (χ0n) is 22.5. The Morgan fingerprint density at radius 1 is 0.581 bits per heavy atom. The molecule has 0 amide bonds. The van der Waals surface area contributed by atoms with Crippen LogP contribution in [0.1, 0.15) is 11.1 Å². The fourth-order valence-corrected chi connectivity index (χ4v) is 7.64. The molecular formula is C36H18N6S. The molecule has 5 heterocycles. The van der Waals surface area contributed by atoms with Crippen molar-refractivity contribution in [1.82, 2.24) is 19.1 Å². The van der Waals surface area contributed by atoms with Crippen molar-refractivity contribution < 1.29 is 0 Å². The summed E-state index contributed by atoms with van der Waals surface area (Å²) in [4.78, 5) is 9.94. The van der Waals surface area contributed by atoms with E-state index in [0.29, 0.717) is 11.1 Å². The quantitative estimate of drug-likeness (QED) is 0.209. The van der Waals surface area contributed by atoms with Crippen molar-refractivity contribution in [1.29, 1.82) is 10.5 Å². The van der Waals surface area contributed by atoms with Crippen LogP contribution in [0.15, 0.2) is 109 Å². The minimum absolute atomic E-state index is 0.573. The lowest BCUT2D eigenvalue weighted by atomic mass is 10.1. The van der Waals surface area contributed by atoms with E-state index in [0.717, 1.165) is 55.4 Å². The summed E-state index contributed by atoms with van der Waals surface area (Å²) in [7, 11) is 0. The molecule has 6 nitrogen and oxygen atoms in total. The second-order valence-corrected chi connectivity index (χ2v) is 11.6. The van der Waals surface area contributed by atoms with Gasteiger partial charge in [-0.1, -0.05) is 24.3 Å². The predicted octanol–water partition coefficient (Wildman–Crippen LogP) is 8.78. The maximum Gasteiger partial charge on any atom is 0.140 e. The zero-order valence-corrected chi connectivity index (χ0v) is 23.3. The molecule has 0 aliphatic heterocycles. The van der Waals surface area contributed by atoms with Gasteiger partial charge >= 0.3 is 0 Å².